The van der Waals surface area contributed by atoms with Crippen LogP contribution in [0.25, 0.3) is 0 Å². The molecule has 0 saturated carbocycles. The second-order valence-corrected chi connectivity index (χ2v) is 5.73. The fourth-order valence-corrected chi connectivity index (χ4v) is 3.06. The molecule has 1 heterocycles. The highest BCUT2D eigenvalue weighted by Gasteiger charge is 2.24. The van der Waals surface area contributed by atoms with E-state index in [1.54, 1.807) is 6.07 Å². The Morgan fingerprint density at radius 1 is 1.28 bits per heavy atom. The quantitative estimate of drug-likeness (QED) is 0.752. The van der Waals surface area contributed by atoms with Crippen LogP contribution < -0.4 is 15.8 Å². The van der Waals surface area contributed by atoms with E-state index in [9.17, 15) is 13.7 Å². The molecule has 2 rings (SSSR count). The highest BCUT2D eigenvalue weighted by molar-refractivity contribution is 7.89. The van der Waals surface area contributed by atoms with Crippen LogP contribution in [0.1, 0.15) is 18.4 Å². The van der Waals surface area contributed by atoms with Gasteiger partial charge in [-0.25, -0.2) is 13.6 Å². The van der Waals surface area contributed by atoms with Crippen LogP contribution >= 0.6 is 0 Å². The molecule has 0 unspecified atom stereocenters. The largest absolute Gasteiger partial charge is 0.398 e. The molecule has 0 atom stereocenters. The lowest BCUT2D eigenvalue weighted by Gasteiger charge is -2.20. The lowest BCUT2D eigenvalue weighted by atomic mass is 10.1. The number of hydrogen-bond donors (Lipinski definition) is 2. The predicted molar refractivity (Wildman–Crippen MR) is 68.4 cm³/mol. The number of nitrogens with zero attached hydrogens (tertiary/aromatic N) is 2. The summed E-state index contributed by atoms with van der Waals surface area (Å²) in [5.74, 6) is 0. The normalized spacial score (nSPS) is 15.7. The Morgan fingerprint density at radius 2 is 1.89 bits per heavy atom. The standard InChI is InChI=1S/C11H14N4O2S/c12-7-8-10(15-5-1-2-6-15)4-3-9(13)11(8)18(14,16)17/h3-4H,1-2,5-6,13H2,(H2,14,16,17). The summed E-state index contributed by atoms with van der Waals surface area (Å²) in [5.41, 5.74) is 6.27. The summed E-state index contributed by atoms with van der Waals surface area (Å²) in [6.07, 6.45) is 2.06. The van der Waals surface area contributed by atoms with Crippen LogP contribution in [0.4, 0.5) is 11.4 Å². The first-order chi connectivity index (χ1) is 8.45. The number of rotatable bonds is 2. The molecule has 0 aliphatic carbocycles. The van der Waals surface area contributed by atoms with E-state index in [4.69, 9.17) is 10.9 Å². The van der Waals surface area contributed by atoms with E-state index < -0.39 is 10.0 Å². The Labute approximate surface area is 106 Å². The molecule has 0 amide bonds. The zero-order valence-corrected chi connectivity index (χ0v) is 10.6. The third-order valence-electron chi connectivity index (χ3n) is 3.01. The Kier molecular flexibility index (Phi) is 3.15. The average molecular weight is 266 g/mol. The summed E-state index contributed by atoms with van der Waals surface area (Å²) in [6, 6.07) is 5.06. The number of nitrogens with two attached hydrogens (primary N) is 2. The Balaban J connectivity index is 2.67. The molecule has 0 radical (unpaired) electrons. The van der Waals surface area contributed by atoms with Crippen LogP contribution in [-0.4, -0.2) is 21.5 Å². The van der Waals surface area contributed by atoms with E-state index in [1.807, 2.05) is 11.0 Å². The SMILES string of the molecule is N#Cc1c(N2CCCC2)ccc(N)c1S(N)(=O)=O. The first-order valence-corrected chi connectivity index (χ1v) is 7.10. The average Bonchev–Trinajstić information content (AvgIpc) is 2.80. The van der Waals surface area contributed by atoms with Gasteiger partial charge in [0.05, 0.1) is 16.9 Å². The first kappa shape index (κ1) is 12.7. The van der Waals surface area contributed by atoms with Crippen molar-refractivity contribution in [1.82, 2.24) is 0 Å². The van der Waals surface area contributed by atoms with E-state index >= 15 is 0 Å². The van der Waals surface area contributed by atoms with Gasteiger partial charge in [0, 0.05) is 13.1 Å². The topological polar surface area (TPSA) is 113 Å². The monoisotopic (exact) mass is 266 g/mol. The fraction of sp³-hybridized carbons (Fsp3) is 0.364. The minimum absolute atomic E-state index is 0.0111. The molecular formula is C11H14N4O2S. The van der Waals surface area contributed by atoms with Gasteiger partial charge in [-0.1, -0.05) is 0 Å². The zero-order chi connectivity index (χ0) is 13.3. The second kappa shape index (κ2) is 4.48. The third-order valence-corrected chi connectivity index (χ3v) is 4.02. The lowest BCUT2D eigenvalue weighted by molar-refractivity contribution is 0.598. The minimum atomic E-state index is -4.00. The van der Waals surface area contributed by atoms with Gasteiger partial charge < -0.3 is 10.6 Å². The first-order valence-electron chi connectivity index (χ1n) is 5.55. The maximum absolute atomic E-state index is 11.5. The number of hydrogen-bond acceptors (Lipinski definition) is 5. The van der Waals surface area contributed by atoms with Gasteiger partial charge in [0.25, 0.3) is 0 Å². The molecule has 1 aromatic rings. The molecule has 18 heavy (non-hydrogen) atoms. The van der Waals surface area contributed by atoms with Gasteiger partial charge in [-0.15, -0.1) is 0 Å². The molecule has 1 aliphatic rings. The molecule has 1 fully saturated rings. The van der Waals surface area contributed by atoms with Crippen molar-refractivity contribution in [2.45, 2.75) is 17.7 Å². The van der Waals surface area contributed by atoms with Crippen LogP contribution in [0.3, 0.4) is 0 Å². The molecular weight excluding hydrogens is 252 g/mol. The molecule has 0 aromatic heterocycles. The molecule has 1 aliphatic heterocycles. The Bertz CT molecular complexity index is 613. The van der Waals surface area contributed by atoms with Gasteiger partial charge in [-0.2, -0.15) is 5.26 Å². The van der Waals surface area contributed by atoms with Crippen molar-refractivity contribution in [3.8, 4) is 6.07 Å². The molecule has 4 N–H and O–H groups in total. The number of anilines is 2. The van der Waals surface area contributed by atoms with Crippen molar-refractivity contribution >= 4 is 21.4 Å². The number of nitrogen functional groups attached to an aromatic ring is 1. The van der Waals surface area contributed by atoms with E-state index in [-0.39, 0.29) is 16.1 Å². The van der Waals surface area contributed by atoms with Crippen molar-refractivity contribution < 1.29 is 8.42 Å². The molecule has 96 valence electrons. The summed E-state index contributed by atoms with van der Waals surface area (Å²) in [5, 5.41) is 14.3. The van der Waals surface area contributed by atoms with Crippen molar-refractivity contribution in [3.63, 3.8) is 0 Å². The molecule has 0 spiro atoms. The van der Waals surface area contributed by atoms with Gasteiger partial charge in [0.15, 0.2) is 0 Å². The summed E-state index contributed by atoms with van der Waals surface area (Å²) in [7, 11) is -4.00. The Morgan fingerprint density at radius 3 is 2.39 bits per heavy atom. The van der Waals surface area contributed by atoms with Crippen LogP contribution in [-0.2, 0) is 10.0 Å². The van der Waals surface area contributed by atoms with Crippen LogP contribution in [0.15, 0.2) is 17.0 Å². The van der Waals surface area contributed by atoms with Gasteiger partial charge >= 0.3 is 0 Å². The predicted octanol–water partition coefficient (Wildman–Crippen LogP) is 0.388. The van der Waals surface area contributed by atoms with Gasteiger partial charge in [0.1, 0.15) is 11.0 Å². The van der Waals surface area contributed by atoms with E-state index in [2.05, 4.69) is 0 Å². The number of sulfonamides is 1. The maximum Gasteiger partial charge on any atom is 0.241 e. The van der Waals surface area contributed by atoms with Gasteiger partial charge in [-0.3, -0.25) is 0 Å². The maximum atomic E-state index is 11.5. The molecule has 7 heteroatoms. The minimum Gasteiger partial charge on any atom is -0.398 e. The second-order valence-electron chi connectivity index (χ2n) is 4.23. The molecule has 0 bridgehead atoms. The van der Waals surface area contributed by atoms with Crippen LogP contribution in [0, 0.1) is 11.3 Å². The lowest BCUT2D eigenvalue weighted by Crippen LogP contribution is -2.22. The third kappa shape index (κ3) is 2.12. The van der Waals surface area contributed by atoms with Crippen molar-refractivity contribution in [3.05, 3.63) is 17.7 Å². The van der Waals surface area contributed by atoms with Gasteiger partial charge in [-0.05, 0) is 25.0 Å². The summed E-state index contributed by atoms with van der Waals surface area (Å²) in [6.45, 7) is 1.62. The van der Waals surface area contributed by atoms with E-state index in [1.165, 1.54) is 6.07 Å². The molecule has 6 nitrogen and oxygen atoms in total. The summed E-state index contributed by atoms with van der Waals surface area (Å²) >= 11 is 0. The fourth-order valence-electron chi connectivity index (χ4n) is 2.22. The number of nitriles is 1. The Hall–Kier alpha value is -1.78. The molecule has 1 aromatic carbocycles. The smallest absolute Gasteiger partial charge is 0.241 e. The zero-order valence-electron chi connectivity index (χ0n) is 9.76. The van der Waals surface area contributed by atoms with Crippen LogP contribution in [0.5, 0.6) is 0 Å². The highest BCUT2D eigenvalue weighted by atomic mass is 32.2. The van der Waals surface area contributed by atoms with Crippen molar-refractivity contribution in [2.75, 3.05) is 23.7 Å². The summed E-state index contributed by atoms with van der Waals surface area (Å²) in [4.78, 5) is 1.71. The van der Waals surface area contributed by atoms with Crippen LogP contribution in [0.2, 0.25) is 0 Å². The van der Waals surface area contributed by atoms with E-state index in [0.717, 1.165) is 25.9 Å². The highest BCUT2D eigenvalue weighted by Crippen LogP contribution is 2.32. The van der Waals surface area contributed by atoms with Crippen molar-refractivity contribution in [2.24, 2.45) is 5.14 Å². The number of benzene rings is 1. The summed E-state index contributed by atoms with van der Waals surface area (Å²) < 4.78 is 23.1. The van der Waals surface area contributed by atoms with E-state index in [0.29, 0.717) is 5.69 Å². The molecule has 1 saturated heterocycles. The number of primary sulfonamides is 1. The van der Waals surface area contributed by atoms with Crippen molar-refractivity contribution in [1.29, 1.82) is 5.26 Å². The van der Waals surface area contributed by atoms with Gasteiger partial charge in [0.2, 0.25) is 10.0 Å².